The number of nitrogens with one attached hydrogen (secondary N) is 1. The highest BCUT2D eigenvalue weighted by atomic mass is 32.1. The lowest BCUT2D eigenvalue weighted by Crippen LogP contribution is -2.33. The molecule has 3 nitrogen and oxygen atoms in total. The summed E-state index contributed by atoms with van der Waals surface area (Å²) in [5.74, 6) is -0.0958. The molecule has 0 radical (unpaired) electrons. The summed E-state index contributed by atoms with van der Waals surface area (Å²) in [4.78, 5) is 10.4. The van der Waals surface area contributed by atoms with Crippen molar-refractivity contribution in [3.8, 4) is 0 Å². The summed E-state index contributed by atoms with van der Waals surface area (Å²) in [6.07, 6.45) is -0.259. The van der Waals surface area contributed by atoms with Crippen LogP contribution in [0.25, 0.3) is 0 Å². The number of amides is 1. The minimum absolute atomic E-state index is 0.0958. The molecule has 1 amide bonds. The monoisotopic (exact) mass is 163 g/mol. The van der Waals surface area contributed by atoms with E-state index in [0.29, 0.717) is 0 Å². The summed E-state index contributed by atoms with van der Waals surface area (Å²) < 4.78 is 5.09. The van der Waals surface area contributed by atoms with Crippen LogP contribution in [0.1, 0.15) is 20.8 Å². The Kier molecular flexibility index (Phi) is 4.47. The number of carbonyl (C=O) groups excluding carboxylic acids is 1. The molecule has 0 rings (SSSR count). The van der Waals surface area contributed by atoms with Gasteiger partial charge in [-0.2, -0.15) is 0 Å². The van der Waals surface area contributed by atoms with Crippen molar-refractivity contribution in [1.29, 1.82) is 0 Å². The molecule has 0 aromatic rings. The van der Waals surface area contributed by atoms with Gasteiger partial charge in [-0.3, -0.25) is 4.79 Å². The second-order valence-corrected chi connectivity index (χ2v) is 2.81. The van der Waals surface area contributed by atoms with Crippen LogP contribution in [0.15, 0.2) is 0 Å². The Hall–Kier alpha value is -0.220. The zero-order chi connectivity index (χ0) is 8.15. The summed E-state index contributed by atoms with van der Waals surface area (Å²) in [7, 11) is 0. The van der Waals surface area contributed by atoms with E-state index in [-0.39, 0.29) is 17.6 Å². The van der Waals surface area contributed by atoms with E-state index in [0.717, 1.165) is 0 Å². The fourth-order valence-electron chi connectivity index (χ4n) is 0.616. The fourth-order valence-corrected chi connectivity index (χ4v) is 0.798. The molecule has 0 fully saturated rings. The first kappa shape index (κ1) is 9.78. The van der Waals surface area contributed by atoms with Crippen LogP contribution in [-0.4, -0.2) is 17.6 Å². The first-order valence-corrected chi connectivity index (χ1v) is 3.64. The molecule has 2 unspecified atom stereocenters. The lowest BCUT2D eigenvalue weighted by molar-refractivity contribution is -0.123. The highest BCUT2D eigenvalue weighted by molar-refractivity contribution is 7.80. The first-order valence-electron chi connectivity index (χ1n) is 3.13. The quantitative estimate of drug-likeness (QED) is 0.476. The standard InChI is InChI=1S/C6H13NO2S/c1-4(8)7-5(2)9-6(3)10/h5-6,10H,1-3H3,(H,7,8). The van der Waals surface area contributed by atoms with E-state index in [1.807, 2.05) is 0 Å². The average molecular weight is 163 g/mol. The van der Waals surface area contributed by atoms with Gasteiger partial charge in [0.25, 0.3) is 0 Å². The molecule has 0 saturated carbocycles. The Balaban J connectivity index is 3.43. The van der Waals surface area contributed by atoms with Crippen LogP contribution >= 0.6 is 12.6 Å². The highest BCUT2D eigenvalue weighted by Crippen LogP contribution is 1.97. The molecule has 0 bridgehead atoms. The Bertz CT molecular complexity index is 116. The molecule has 0 aliphatic heterocycles. The number of carbonyl (C=O) groups is 1. The minimum Gasteiger partial charge on any atom is -0.346 e. The van der Waals surface area contributed by atoms with Gasteiger partial charge < -0.3 is 10.1 Å². The number of hydrogen-bond donors (Lipinski definition) is 2. The molecule has 0 saturated heterocycles. The molecular formula is C6H13NO2S. The van der Waals surface area contributed by atoms with Crippen molar-refractivity contribution >= 4 is 18.5 Å². The largest absolute Gasteiger partial charge is 0.346 e. The summed E-state index contributed by atoms with van der Waals surface area (Å²) >= 11 is 3.99. The molecule has 60 valence electrons. The summed E-state index contributed by atoms with van der Waals surface area (Å²) in [5, 5.41) is 2.56. The van der Waals surface area contributed by atoms with Crippen LogP contribution in [0.4, 0.5) is 0 Å². The van der Waals surface area contributed by atoms with Crippen LogP contribution in [0, 0.1) is 0 Å². The van der Waals surface area contributed by atoms with Gasteiger partial charge in [-0.05, 0) is 13.8 Å². The Morgan fingerprint density at radius 2 is 2.10 bits per heavy atom. The third-order valence-electron chi connectivity index (χ3n) is 0.808. The van der Waals surface area contributed by atoms with Gasteiger partial charge in [0.1, 0.15) is 6.23 Å². The molecule has 0 aliphatic carbocycles. The molecule has 0 aliphatic rings. The van der Waals surface area contributed by atoms with Crippen molar-refractivity contribution in [2.24, 2.45) is 0 Å². The van der Waals surface area contributed by atoms with Gasteiger partial charge in [-0.15, -0.1) is 12.6 Å². The third-order valence-corrected chi connectivity index (χ3v) is 0.929. The maximum atomic E-state index is 10.4. The number of hydrogen-bond acceptors (Lipinski definition) is 3. The SMILES string of the molecule is CC(=O)NC(C)OC(C)S. The first-order chi connectivity index (χ1) is 4.52. The van der Waals surface area contributed by atoms with Gasteiger partial charge in [0.2, 0.25) is 5.91 Å². The van der Waals surface area contributed by atoms with E-state index in [1.165, 1.54) is 6.92 Å². The second kappa shape index (κ2) is 4.57. The molecule has 4 heteroatoms. The van der Waals surface area contributed by atoms with E-state index in [4.69, 9.17) is 4.74 Å². The van der Waals surface area contributed by atoms with Gasteiger partial charge in [0.15, 0.2) is 0 Å². The number of ether oxygens (including phenoxy) is 1. The number of rotatable bonds is 3. The second-order valence-electron chi connectivity index (χ2n) is 2.08. The summed E-state index contributed by atoms with van der Waals surface area (Å²) in [5.41, 5.74) is -0.151. The molecule has 0 spiro atoms. The summed E-state index contributed by atoms with van der Waals surface area (Å²) in [6.45, 7) is 5.00. The Labute approximate surface area is 66.5 Å². The van der Waals surface area contributed by atoms with Crippen LogP contribution in [-0.2, 0) is 9.53 Å². The third kappa shape index (κ3) is 5.91. The number of thiol groups is 1. The van der Waals surface area contributed by atoms with Crippen LogP contribution in [0.2, 0.25) is 0 Å². The molecule has 2 atom stereocenters. The maximum Gasteiger partial charge on any atom is 0.218 e. The lowest BCUT2D eigenvalue weighted by atomic mass is 10.6. The van der Waals surface area contributed by atoms with Gasteiger partial charge in [0.05, 0.1) is 5.44 Å². The van der Waals surface area contributed by atoms with Crippen molar-refractivity contribution in [3.63, 3.8) is 0 Å². The average Bonchev–Trinajstić information content (AvgIpc) is 1.58. The minimum atomic E-state index is -0.259. The zero-order valence-electron chi connectivity index (χ0n) is 6.42. The summed E-state index contributed by atoms with van der Waals surface area (Å²) in [6, 6.07) is 0. The molecule has 1 N–H and O–H groups in total. The normalized spacial score (nSPS) is 16.0. The highest BCUT2D eigenvalue weighted by Gasteiger charge is 2.04. The van der Waals surface area contributed by atoms with E-state index < -0.39 is 0 Å². The molecule has 0 aromatic carbocycles. The van der Waals surface area contributed by atoms with E-state index in [1.54, 1.807) is 13.8 Å². The van der Waals surface area contributed by atoms with Crippen LogP contribution < -0.4 is 5.32 Å². The van der Waals surface area contributed by atoms with Crippen molar-refractivity contribution < 1.29 is 9.53 Å². The smallest absolute Gasteiger partial charge is 0.218 e. The Morgan fingerprint density at radius 1 is 1.60 bits per heavy atom. The van der Waals surface area contributed by atoms with Gasteiger partial charge in [0, 0.05) is 6.92 Å². The zero-order valence-corrected chi connectivity index (χ0v) is 7.31. The molecule has 0 aromatic heterocycles. The van der Waals surface area contributed by atoms with Crippen molar-refractivity contribution in [3.05, 3.63) is 0 Å². The predicted octanol–water partition coefficient (Wildman–Crippen LogP) is 0.761. The lowest BCUT2D eigenvalue weighted by Gasteiger charge is -2.15. The predicted molar refractivity (Wildman–Crippen MR) is 42.8 cm³/mol. The van der Waals surface area contributed by atoms with E-state index >= 15 is 0 Å². The topological polar surface area (TPSA) is 38.3 Å². The molecule has 10 heavy (non-hydrogen) atoms. The van der Waals surface area contributed by atoms with Crippen LogP contribution in [0.5, 0.6) is 0 Å². The van der Waals surface area contributed by atoms with Crippen molar-refractivity contribution in [1.82, 2.24) is 5.32 Å². The van der Waals surface area contributed by atoms with Crippen LogP contribution in [0.3, 0.4) is 0 Å². The Morgan fingerprint density at radius 3 is 2.40 bits per heavy atom. The van der Waals surface area contributed by atoms with Gasteiger partial charge in [-0.25, -0.2) is 0 Å². The van der Waals surface area contributed by atoms with Gasteiger partial charge in [-0.1, -0.05) is 0 Å². The van der Waals surface area contributed by atoms with Gasteiger partial charge >= 0.3 is 0 Å². The maximum absolute atomic E-state index is 10.4. The van der Waals surface area contributed by atoms with Crippen molar-refractivity contribution in [2.75, 3.05) is 0 Å². The van der Waals surface area contributed by atoms with E-state index in [2.05, 4.69) is 17.9 Å². The molecular weight excluding hydrogens is 150 g/mol. The molecule has 0 heterocycles. The fraction of sp³-hybridized carbons (Fsp3) is 0.833. The van der Waals surface area contributed by atoms with E-state index in [9.17, 15) is 4.79 Å². The van der Waals surface area contributed by atoms with Crippen molar-refractivity contribution in [2.45, 2.75) is 32.4 Å².